The maximum absolute atomic E-state index is 12.8. The zero-order valence-corrected chi connectivity index (χ0v) is 9.71. The van der Waals surface area contributed by atoms with E-state index in [2.05, 4.69) is 4.98 Å². The van der Waals surface area contributed by atoms with Gasteiger partial charge in [0.25, 0.3) is 0 Å². The average Bonchev–Trinajstić information content (AvgIpc) is 3.00. The summed E-state index contributed by atoms with van der Waals surface area (Å²) in [7, 11) is 0. The van der Waals surface area contributed by atoms with Gasteiger partial charge in [0.1, 0.15) is 0 Å². The Hall–Kier alpha value is -1.26. The molecule has 5 heteroatoms. The first-order valence-electron chi connectivity index (χ1n) is 5.62. The minimum atomic E-state index is -4.46. The Balaban J connectivity index is 2.45. The molecule has 1 aliphatic rings. The van der Waals surface area contributed by atoms with Gasteiger partial charge in [-0.3, -0.25) is 0 Å². The summed E-state index contributed by atoms with van der Waals surface area (Å²) in [5.41, 5.74) is -0.338. The fourth-order valence-corrected chi connectivity index (χ4v) is 1.60. The molecule has 0 amide bonds. The van der Waals surface area contributed by atoms with Crippen molar-refractivity contribution in [3.05, 3.63) is 23.5 Å². The molecular weight excluding hydrogens is 231 g/mol. The molecule has 0 saturated heterocycles. The van der Waals surface area contributed by atoms with E-state index in [-0.39, 0.29) is 17.8 Å². The second-order valence-electron chi connectivity index (χ2n) is 4.55. The Morgan fingerprint density at radius 2 is 2.00 bits per heavy atom. The molecule has 94 valence electrons. The summed E-state index contributed by atoms with van der Waals surface area (Å²) in [6, 6.07) is 1.59. The fraction of sp³-hybridized carbons (Fsp3) is 0.583. The number of hydrogen-bond acceptors (Lipinski definition) is 2. The van der Waals surface area contributed by atoms with Crippen LogP contribution < -0.4 is 4.74 Å². The van der Waals surface area contributed by atoms with Crippen molar-refractivity contribution in [2.45, 2.75) is 44.9 Å². The molecule has 0 unspecified atom stereocenters. The van der Waals surface area contributed by atoms with Crippen LogP contribution in [0.4, 0.5) is 13.2 Å². The zero-order chi connectivity index (χ0) is 12.6. The molecule has 2 rings (SSSR count). The lowest BCUT2D eigenvalue weighted by molar-refractivity contribution is -0.142. The van der Waals surface area contributed by atoms with Crippen molar-refractivity contribution >= 4 is 0 Å². The Morgan fingerprint density at radius 1 is 1.35 bits per heavy atom. The summed E-state index contributed by atoms with van der Waals surface area (Å²) >= 11 is 0. The van der Waals surface area contributed by atoms with Crippen molar-refractivity contribution in [3.63, 3.8) is 0 Å². The molecule has 0 spiro atoms. The summed E-state index contributed by atoms with van der Waals surface area (Å²) in [4.78, 5) is 3.42. The van der Waals surface area contributed by atoms with E-state index in [1.165, 1.54) is 6.20 Å². The van der Waals surface area contributed by atoms with E-state index in [0.717, 1.165) is 12.8 Å². The van der Waals surface area contributed by atoms with Gasteiger partial charge in [-0.15, -0.1) is 0 Å². The van der Waals surface area contributed by atoms with Gasteiger partial charge >= 0.3 is 6.18 Å². The van der Waals surface area contributed by atoms with E-state index in [1.54, 1.807) is 6.07 Å². The minimum absolute atomic E-state index is 0.0205. The second-order valence-corrected chi connectivity index (χ2v) is 4.55. The SMILES string of the molecule is CC(C)c1ccnc(C(F)(F)F)c1OC1CC1. The van der Waals surface area contributed by atoms with Crippen LogP contribution in [0.15, 0.2) is 12.3 Å². The van der Waals surface area contributed by atoms with Gasteiger partial charge in [0, 0.05) is 11.8 Å². The summed E-state index contributed by atoms with van der Waals surface area (Å²) in [5, 5.41) is 0. The van der Waals surface area contributed by atoms with Crippen LogP contribution in [-0.4, -0.2) is 11.1 Å². The molecule has 0 atom stereocenters. The van der Waals surface area contributed by atoms with Gasteiger partial charge in [-0.2, -0.15) is 13.2 Å². The molecule has 1 fully saturated rings. The van der Waals surface area contributed by atoms with Crippen LogP contribution >= 0.6 is 0 Å². The molecule has 0 aliphatic heterocycles. The van der Waals surface area contributed by atoms with Gasteiger partial charge in [-0.1, -0.05) is 13.8 Å². The van der Waals surface area contributed by atoms with Crippen LogP contribution in [0, 0.1) is 0 Å². The maximum atomic E-state index is 12.8. The van der Waals surface area contributed by atoms with Crippen LogP contribution in [0.5, 0.6) is 5.75 Å². The van der Waals surface area contributed by atoms with E-state index in [4.69, 9.17) is 4.74 Å². The van der Waals surface area contributed by atoms with Crippen LogP contribution in [-0.2, 0) is 6.18 Å². The molecule has 1 aromatic rings. The molecule has 0 bridgehead atoms. The van der Waals surface area contributed by atoms with E-state index in [1.807, 2.05) is 13.8 Å². The lowest BCUT2D eigenvalue weighted by atomic mass is 10.0. The number of ether oxygens (including phenoxy) is 1. The predicted molar refractivity (Wildman–Crippen MR) is 57.0 cm³/mol. The van der Waals surface area contributed by atoms with E-state index >= 15 is 0 Å². The molecule has 1 saturated carbocycles. The molecule has 17 heavy (non-hydrogen) atoms. The number of rotatable bonds is 3. The Kier molecular flexibility index (Phi) is 3.02. The lowest BCUT2D eigenvalue weighted by Gasteiger charge is -2.18. The van der Waals surface area contributed by atoms with Crippen molar-refractivity contribution in [2.24, 2.45) is 0 Å². The topological polar surface area (TPSA) is 22.1 Å². The van der Waals surface area contributed by atoms with Crippen LogP contribution in [0.25, 0.3) is 0 Å². The quantitative estimate of drug-likeness (QED) is 0.808. The van der Waals surface area contributed by atoms with Crippen molar-refractivity contribution in [3.8, 4) is 5.75 Å². The van der Waals surface area contributed by atoms with E-state index in [9.17, 15) is 13.2 Å². The van der Waals surface area contributed by atoms with Crippen molar-refractivity contribution in [1.82, 2.24) is 4.98 Å². The third-order valence-electron chi connectivity index (χ3n) is 2.63. The molecule has 1 aromatic heterocycles. The first kappa shape index (κ1) is 12.2. The normalized spacial score (nSPS) is 16.4. The highest BCUT2D eigenvalue weighted by molar-refractivity contribution is 5.40. The standard InChI is InChI=1S/C12H14F3NO/c1-7(2)9-5-6-16-11(12(13,14)15)10(9)17-8-3-4-8/h5-8H,3-4H2,1-2H3. The third-order valence-corrected chi connectivity index (χ3v) is 2.63. The van der Waals surface area contributed by atoms with Crippen LogP contribution in [0.2, 0.25) is 0 Å². The summed E-state index contributed by atoms with van der Waals surface area (Å²) in [5.74, 6) is -0.106. The van der Waals surface area contributed by atoms with Gasteiger partial charge < -0.3 is 4.74 Å². The number of halogens is 3. The number of hydrogen-bond donors (Lipinski definition) is 0. The molecule has 0 radical (unpaired) electrons. The Labute approximate surface area is 97.8 Å². The third kappa shape index (κ3) is 2.70. The Bertz CT molecular complexity index is 411. The highest BCUT2D eigenvalue weighted by Crippen LogP contribution is 2.41. The largest absolute Gasteiger partial charge is 0.488 e. The summed E-state index contributed by atoms with van der Waals surface area (Å²) < 4.78 is 43.9. The molecule has 2 nitrogen and oxygen atoms in total. The summed E-state index contributed by atoms with van der Waals surface area (Å²) in [6.07, 6.45) is -1.70. The van der Waals surface area contributed by atoms with Crippen molar-refractivity contribution < 1.29 is 17.9 Å². The van der Waals surface area contributed by atoms with Gasteiger partial charge in [0.15, 0.2) is 11.4 Å². The molecule has 1 heterocycles. The number of alkyl halides is 3. The molecule has 0 aromatic carbocycles. The highest BCUT2D eigenvalue weighted by Gasteiger charge is 2.39. The van der Waals surface area contributed by atoms with Gasteiger partial charge in [-0.05, 0) is 24.8 Å². The van der Waals surface area contributed by atoms with Crippen molar-refractivity contribution in [1.29, 1.82) is 0 Å². The van der Waals surface area contributed by atoms with Gasteiger partial charge in [-0.25, -0.2) is 4.98 Å². The molecule has 0 N–H and O–H groups in total. The maximum Gasteiger partial charge on any atom is 0.437 e. The Morgan fingerprint density at radius 3 is 2.47 bits per heavy atom. The average molecular weight is 245 g/mol. The van der Waals surface area contributed by atoms with Crippen LogP contribution in [0.3, 0.4) is 0 Å². The first-order valence-corrected chi connectivity index (χ1v) is 5.62. The van der Waals surface area contributed by atoms with Gasteiger partial charge in [0.05, 0.1) is 6.10 Å². The van der Waals surface area contributed by atoms with Gasteiger partial charge in [0.2, 0.25) is 0 Å². The van der Waals surface area contributed by atoms with Crippen molar-refractivity contribution in [2.75, 3.05) is 0 Å². The van der Waals surface area contributed by atoms with Crippen LogP contribution in [0.1, 0.15) is 43.9 Å². The summed E-state index contributed by atoms with van der Waals surface area (Å²) in [6.45, 7) is 3.69. The van der Waals surface area contributed by atoms with E-state index in [0.29, 0.717) is 5.56 Å². The first-order chi connectivity index (χ1) is 7.89. The lowest BCUT2D eigenvalue weighted by Crippen LogP contribution is -2.14. The number of nitrogens with zero attached hydrogens (tertiary/aromatic N) is 1. The zero-order valence-electron chi connectivity index (χ0n) is 9.71. The highest BCUT2D eigenvalue weighted by atomic mass is 19.4. The molecular formula is C12H14F3NO. The smallest absolute Gasteiger partial charge is 0.437 e. The predicted octanol–water partition coefficient (Wildman–Crippen LogP) is 3.77. The van der Waals surface area contributed by atoms with E-state index < -0.39 is 11.9 Å². The number of pyridine rings is 1. The minimum Gasteiger partial charge on any atom is -0.488 e. The molecule has 1 aliphatic carbocycles. The monoisotopic (exact) mass is 245 g/mol. The second kappa shape index (κ2) is 4.20. The fourth-order valence-electron chi connectivity index (χ4n) is 1.60. The number of aromatic nitrogens is 1.